The van der Waals surface area contributed by atoms with Gasteiger partial charge in [0.1, 0.15) is 0 Å². The van der Waals surface area contributed by atoms with Gasteiger partial charge in [-0.05, 0) is 20.8 Å². The Morgan fingerprint density at radius 1 is 1.00 bits per heavy atom. The first-order valence-electron chi connectivity index (χ1n) is 7.42. The largest absolute Gasteiger partial charge is 0.394 e. The molecule has 0 atom stereocenters. The molecule has 0 bridgehead atoms. The number of nitrogens with zero attached hydrogens (tertiary/aromatic N) is 4. The van der Waals surface area contributed by atoms with Crippen molar-refractivity contribution in [2.45, 2.75) is 20.8 Å². The average Bonchev–Trinajstić information content (AvgIpc) is 2.48. The van der Waals surface area contributed by atoms with E-state index in [4.69, 9.17) is 9.84 Å². The van der Waals surface area contributed by atoms with Crippen LogP contribution >= 0.6 is 0 Å². The van der Waals surface area contributed by atoms with Gasteiger partial charge in [0, 0.05) is 26.2 Å². The molecule has 1 rings (SSSR count). The highest BCUT2D eigenvalue weighted by Gasteiger charge is 2.10. The quantitative estimate of drug-likeness (QED) is 0.510. The van der Waals surface area contributed by atoms with Crippen molar-refractivity contribution in [1.82, 2.24) is 15.0 Å². The molecule has 1 aromatic heterocycles. The Morgan fingerprint density at radius 3 is 2.24 bits per heavy atom. The molecule has 0 aliphatic carbocycles. The van der Waals surface area contributed by atoms with Crippen molar-refractivity contribution in [3.05, 3.63) is 0 Å². The van der Waals surface area contributed by atoms with Gasteiger partial charge < -0.3 is 25.4 Å². The molecule has 1 aromatic rings. The molecule has 0 saturated carbocycles. The first-order chi connectivity index (χ1) is 10.2. The molecule has 0 spiro atoms. The second-order valence-electron chi connectivity index (χ2n) is 4.25. The summed E-state index contributed by atoms with van der Waals surface area (Å²) in [5, 5.41) is 14.9. The van der Waals surface area contributed by atoms with Crippen molar-refractivity contribution in [2.24, 2.45) is 0 Å². The van der Waals surface area contributed by atoms with E-state index in [9.17, 15) is 0 Å². The van der Waals surface area contributed by atoms with E-state index >= 15 is 0 Å². The van der Waals surface area contributed by atoms with Crippen LogP contribution in [0.4, 0.5) is 17.8 Å². The van der Waals surface area contributed by atoms with Gasteiger partial charge in [0.25, 0.3) is 0 Å². The molecule has 0 unspecified atom stereocenters. The minimum absolute atomic E-state index is 0.0302. The third-order valence-corrected chi connectivity index (χ3v) is 2.77. The number of aliphatic hydroxyl groups excluding tert-OH is 1. The van der Waals surface area contributed by atoms with Crippen LogP contribution in [0.5, 0.6) is 0 Å². The number of anilines is 3. The SMILES string of the molecule is CCNc1nc(NCCOCCO)nc(N(CC)CC)n1. The van der Waals surface area contributed by atoms with Crippen LogP contribution in [0.2, 0.25) is 0 Å². The third kappa shape index (κ3) is 6.09. The summed E-state index contributed by atoms with van der Waals surface area (Å²) in [4.78, 5) is 15.2. The summed E-state index contributed by atoms with van der Waals surface area (Å²) in [6.07, 6.45) is 0. The average molecular weight is 298 g/mol. The van der Waals surface area contributed by atoms with Gasteiger partial charge in [0.05, 0.1) is 19.8 Å². The fraction of sp³-hybridized carbons (Fsp3) is 0.769. The molecule has 0 aliphatic heterocycles. The fourth-order valence-corrected chi connectivity index (χ4v) is 1.73. The topological polar surface area (TPSA) is 95.4 Å². The Kier molecular flexibility index (Phi) is 8.37. The van der Waals surface area contributed by atoms with Crippen LogP contribution in [0, 0.1) is 0 Å². The molecule has 120 valence electrons. The van der Waals surface area contributed by atoms with Gasteiger partial charge in [-0.25, -0.2) is 0 Å². The number of nitrogens with one attached hydrogen (secondary N) is 2. The summed E-state index contributed by atoms with van der Waals surface area (Å²) in [6.45, 7) is 9.99. The first-order valence-corrected chi connectivity index (χ1v) is 7.42. The van der Waals surface area contributed by atoms with Gasteiger partial charge in [-0.3, -0.25) is 0 Å². The number of aliphatic hydroxyl groups is 1. The molecule has 21 heavy (non-hydrogen) atoms. The van der Waals surface area contributed by atoms with Gasteiger partial charge in [0.2, 0.25) is 17.8 Å². The minimum atomic E-state index is 0.0302. The van der Waals surface area contributed by atoms with E-state index < -0.39 is 0 Å². The van der Waals surface area contributed by atoms with E-state index in [1.54, 1.807) is 0 Å². The van der Waals surface area contributed by atoms with Gasteiger partial charge in [-0.2, -0.15) is 15.0 Å². The monoisotopic (exact) mass is 298 g/mol. The number of hydrogen-bond acceptors (Lipinski definition) is 8. The molecule has 0 fully saturated rings. The molecular weight excluding hydrogens is 272 g/mol. The van der Waals surface area contributed by atoms with E-state index in [-0.39, 0.29) is 6.61 Å². The number of rotatable bonds is 11. The van der Waals surface area contributed by atoms with E-state index in [0.717, 1.165) is 19.6 Å². The van der Waals surface area contributed by atoms with Crippen LogP contribution in [0.25, 0.3) is 0 Å². The molecule has 0 amide bonds. The zero-order valence-electron chi connectivity index (χ0n) is 13.1. The molecule has 1 heterocycles. The third-order valence-electron chi connectivity index (χ3n) is 2.77. The lowest BCUT2D eigenvalue weighted by Gasteiger charge is -2.19. The molecule has 3 N–H and O–H groups in total. The van der Waals surface area contributed by atoms with Gasteiger partial charge in [-0.15, -0.1) is 0 Å². The Morgan fingerprint density at radius 2 is 1.67 bits per heavy atom. The zero-order chi connectivity index (χ0) is 15.5. The van der Waals surface area contributed by atoms with Crippen LogP contribution < -0.4 is 15.5 Å². The maximum atomic E-state index is 8.64. The lowest BCUT2D eigenvalue weighted by molar-refractivity contribution is 0.0991. The van der Waals surface area contributed by atoms with Gasteiger partial charge in [0.15, 0.2) is 0 Å². The van der Waals surface area contributed by atoms with Crippen molar-refractivity contribution < 1.29 is 9.84 Å². The normalized spacial score (nSPS) is 10.5. The molecular formula is C13H26N6O2. The first kappa shape index (κ1) is 17.4. The maximum absolute atomic E-state index is 8.64. The summed E-state index contributed by atoms with van der Waals surface area (Å²) in [5.74, 6) is 1.74. The highest BCUT2D eigenvalue weighted by atomic mass is 16.5. The van der Waals surface area contributed by atoms with Crippen LogP contribution in [-0.2, 0) is 4.74 Å². The minimum Gasteiger partial charge on any atom is -0.394 e. The van der Waals surface area contributed by atoms with Crippen LogP contribution in [0.15, 0.2) is 0 Å². The van der Waals surface area contributed by atoms with Crippen molar-refractivity contribution >= 4 is 17.8 Å². The Hall–Kier alpha value is -1.67. The number of ether oxygens (including phenoxy) is 1. The predicted molar refractivity (Wildman–Crippen MR) is 83.9 cm³/mol. The lowest BCUT2D eigenvalue weighted by Crippen LogP contribution is -2.25. The van der Waals surface area contributed by atoms with E-state index in [1.165, 1.54) is 0 Å². The molecule has 8 nitrogen and oxygen atoms in total. The second kappa shape index (κ2) is 10.1. The van der Waals surface area contributed by atoms with Crippen molar-refractivity contribution in [1.29, 1.82) is 0 Å². The van der Waals surface area contributed by atoms with Crippen LogP contribution in [-0.4, -0.2) is 66.1 Å². The molecule has 0 saturated heterocycles. The number of aromatic nitrogens is 3. The van der Waals surface area contributed by atoms with Crippen LogP contribution in [0.1, 0.15) is 20.8 Å². The summed E-state index contributed by atoms with van der Waals surface area (Å²) >= 11 is 0. The highest BCUT2D eigenvalue weighted by molar-refractivity contribution is 5.43. The smallest absolute Gasteiger partial charge is 0.231 e. The molecule has 0 aliphatic rings. The Bertz CT molecular complexity index is 400. The van der Waals surface area contributed by atoms with E-state index in [1.807, 2.05) is 6.92 Å². The van der Waals surface area contributed by atoms with E-state index in [2.05, 4.69) is 44.3 Å². The zero-order valence-corrected chi connectivity index (χ0v) is 13.1. The number of hydrogen-bond donors (Lipinski definition) is 3. The predicted octanol–water partition coefficient (Wildman–Crippen LogP) is 0.570. The Labute approximate surface area is 126 Å². The second-order valence-corrected chi connectivity index (χ2v) is 4.25. The molecule has 0 aromatic carbocycles. The summed E-state index contributed by atoms with van der Waals surface area (Å²) < 4.78 is 5.19. The van der Waals surface area contributed by atoms with Crippen molar-refractivity contribution in [3.63, 3.8) is 0 Å². The van der Waals surface area contributed by atoms with E-state index in [0.29, 0.717) is 37.6 Å². The highest BCUT2D eigenvalue weighted by Crippen LogP contribution is 2.13. The van der Waals surface area contributed by atoms with Crippen molar-refractivity contribution in [2.75, 3.05) is 61.5 Å². The maximum Gasteiger partial charge on any atom is 0.231 e. The Balaban J connectivity index is 2.72. The van der Waals surface area contributed by atoms with Gasteiger partial charge >= 0.3 is 0 Å². The standard InChI is InChI=1S/C13H26N6O2/c1-4-14-11-16-12(15-7-9-21-10-8-20)18-13(17-11)19(5-2)6-3/h20H,4-10H2,1-3H3,(H2,14,15,16,17,18). The van der Waals surface area contributed by atoms with Crippen molar-refractivity contribution in [3.8, 4) is 0 Å². The van der Waals surface area contributed by atoms with Crippen LogP contribution in [0.3, 0.4) is 0 Å². The lowest BCUT2D eigenvalue weighted by atomic mass is 10.5. The summed E-state index contributed by atoms with van der Waals surface area (Å²) in [5.41, 5.74) is 0. The fourth-order valence-electron chi connectivity index (χ4n) is 1.73. The van der Waals surface area contributed by atoms with Gasteiger partial charge in [-0.1, -0.05) is 0 Å². The summed E-state index contributed by atoms with van der Waals surface area (Å²) in [7, 11) is 0. The molecule has 0 radical (unpaired) electrons. The summed E-state index contributed by atoms with van der Waals surface area (Å²) in [6, 6.07) is 0. The molecule has 8 heteroatoms.